The maximum absolute atomic E-state index is 4.46. The molecule has 0 bridgehead atoms. The molecular formula is C15H22N6. The lowest BCUT2D eigenvalue weighted by Gasteiger charge is -2.46. The largest absolute Gasteiger partial charge is 0.303 e. The van der Waals surface area contributed by atoms with Crippen LogP contribution in [0.2, 0.25) is 0 Å². The van der Waals surface area contributed by atoms with E-state index in [1.54, 1.807) is 0 Å². The Morgan fingerprint density at radius 1 is 1.19 bits per heavy atom. The molecule has 4 rings (SSSR count). The van der Waals surface area contributed by atoms with Crippen LogP contribution in [0.3, 0.4) is 0 Å². The van der Waals surface area contributed by atoms with E-state index in [9.17, 15) is 0 Å². The number of hydrogen-bond acceptors (Lipinski definition) is 5. The average Bonchev–Trinajstić information content (AvgIpc) is 2.90. The molecule has 2 saturated heterocycles. The Balaban J connectivity index is 1.48. The van der Waals surface area contributed by atoms with Gasteiger partial charge in [0.25, 0.3) is 0 Å². The van der Waals surface area contributed by atoms with Gasteiger partial charge in [-0.3, -0.25) is 9.80 Å². The summed E-state index contributed by atoms with van der Waals surface area (Å²) in [4.78, 5) is 12.1. The van der Waals surface area contributed by atoms with Crippen molar-refractivity contribution in [3.8, 4) is 0 Å². The highest BCUT2D eigenvalue weighted by Crippen LogP contribution is 2.18. The van der Waals surface area contributed by atoms with Gasteiger partial charge in [0, 0.05) is 69.8 Å². The standard InChI is InChI=1S/C15H22N6/c1-18-5-7-20-8-6-19(12-14(20)11-18)10-13-9-17-21-4-2-3-16-15(13)21/h2-4,9,14H,5-8,10-12H2,1H3. The Morgan fingerprint density at radius 2 is 2.10 bits per heavy atom. The van der Waals surface area contributed by atoms with Gasteiger partial charge in [-0.2, -0.15) is 5.10 Å². The second-order valence-corrected chi connectivity index (χ2v) is 6.24. The highest BCUT2D eigenvalue weighted by atomic mass is 15.3. The Bertz CT molecular complexity index is 623. The van der Waals surface area contributed by atoms with Gasteiger partial charge < -0.3 is 4.90 Å². The monoisotopic (exact) mass is 286 g/mol. The van der Waals surface area contributed by atoms with Crippen LogP contribution in [0.5, 0.6) is 0 Å². The van der Waals surface area contributed by atoms with Crippen LogP contribution in [0.25, 0.3) is 5.65 Å². The Morgan fingerprint density at radius 3 is 3.05 bits per heavy atom. The van der Waals surface area contributed by atoms with Crippen LogP contribution >= 0.6 is 0 Å². The predicted octanol–water partition coefficient (Wildman–Crippen LogP) is 0.161. The number of nitrogens with zero attached hydrogens (tertiary/aromatic N) is 6. The van der Waals surface area contributed by atoms with Gasteiger partial charge in [0.05, 0.1) is 6.20 Å². The van der Waals surface area contributed by atoms with Crippen LogP contribution < -0.4 is 0 Å². The van der Waals surface area contributed by atoms with Crippen LogP contribution in [-0.2, 0) is 6.54 Å². The van der Waals surface area contributed by atoms with Gasteiger partial charge in [0.15, 0.2) is 5.65 Å². The molecule has 6 heteroatoms. The fraction of sp³-hybridized carbons (Fsp3) is 0.600. The lowest BCUT2D eigenvalue weighted by atomic mass is 10.1. The molecular weight excluding hydrogens is 264 g/mol. The Labute approximate surface area is 125 Å². The Hall–Kier alpha value is -1.50. The van der Waals surface area contributed by atoms with Gasteiger partial charge in [0.2, 0.25) is 0 Å². The zero-order valence-corrected chi connectivity index (χ0v) is 12.5. The van der Waals surface area contributed by atoms with Crippen LogP contribution in [0.4, 0.5) is 0 Å². The predicted molar refractivity (Wildman–Crippen MR) is 81.1 cm³/mol. The SMILES string of the molecule is CN1CCN2CCN(Cc3cnn4cccnc34)CC2C1. The summed E-state index contributed by atoms with van der Waals surface area (Å²) in [6.07, 6.45) is 5.76. The van der Waals surface area contributed by atoms with Crippen molar-refractivity contribution in [3.05, 3.63) is 30.2 Å². The number of fused-ring (bicyclic) bond motifs is 2. The molecule has 1 unspecified atom stereocenters. The van der Waals surface area contributed by atoms with Crippen LogP contribution in [-0.4, -0.2) is 81.7 Å². The van der Waals surface area contributed by atoms with Crippen molar-refractivity contribution < 1.29 is 0 Å². The van der Waals surface area contributed by atoms with Crippen molar-refractivity contribution in [1.29, 1.82) is 0 Å². The summed E-state index contributed by atoms with van der Waals surface area (Å²) >= 11 is 0. The lowest BCUT2D eigenvalue weighted by molar-refractivity contribution is 0.0176. The number of aromatic nitrogens is 3. The highest BCUT2D eigenvalue weighted by molar-refractivity contribution is 5.45. The summed E-state index contributed by atoms with van der Waals surface area (Å²) < 4.78 is 1.86. The minimum absolute atomic E-state index is 0.673. The van der Waals surface area contributed by atoms with Gasteiger partial charge in [-0.25, -0.2) is 9.50 Å². The zero-order chi connectivity index (χ0) is 14.2. The van der Waals surface area contributed by atoms with Gasteiger partial charge in [0.1, 0.15) is 0 Å². The number of rotatable bonds is 2. The van der Waals surface area contributed by atoms with Crippen molar-refractivity contribution in [1.82, 2.24) is 29.3 Å². The summed E-state index contributed by atoms with van der Waals surface area (Å²) in [6.45, 7) is 8.03. The molecule has 0 aliphatic carbocycles. The molecule has 6 nitrogen and oxygen atoms in total. The molecule has 2 aliphatic heterocycles. The topological polar surface area (TPSA) is 39.9 Å². The number of piperazine rings is 2. The van der Waals surface area contributed by atoms with E-state index in [0.29, 0.717) is 6.04 Å². The van der Waals surface area contributed by atoms with E-state index in [4.69, 9.17) is 0 Å². The molecule has 2 aromatic heterocycles. The molecule has 1 atom stereocenters. The first-order chi connectivity index (χ1) is 10.3. The fourth-order valence-electron chi connectivity index (χ4n) is 3.55. The molecule has 0 spiro atoms. The number of likely N-dealkylation sites (N-methyl/N-ethyl adjacent to an activating group) is 1. The average molecular weight is 286 g/mol. The summed E-state index contributed by atoms with van der Waals surface area (Å²) in [6, 6.07) is 2.59. The van der Waals surface area contributed by atoms with Gasteiger partial charge >= 0.3 is 0 Å². The molecule has 0 saturated carbocycles. The second kappa shape index (κ2) is 5.36. The van der Waals surface area contributed by atoms with Crippen molar-refractivity contribution in [3.63, 3.8) is 0 Å². The van der Waals surface area contributed by atoms with E-state index in [-0.39, 0.29) is 0 Å². The molecule has 0 amide bonds. The third-order valence-corrected chi connectivity index (χ3v) is 4.73. The third-order valence-electron chi connectivity index (χ3n) is 4.73. The van der Waals surface area contributed by atoms with Crippen molar-refractivity contribution >= 4 is 5.65 Å². The third kappa shape index (κ3) is 2.54. The van der Waals surface area contributed by atoms with Crippen molar-refractivity contribution in [2.24, 2.45) is 0 Å². The Kier molecular flexibility index (Phi) is 3.37. The summed E-state index contributed by atoms with van der Waals surface area (Å²) in [5, 5.41) is 4.39. The van der Waals surface area contributed by atoms with Gasteiger partial charge in [-0.1, -0.05) is 0 Å². The van der Waals surface area contributed by atoms with Gasteiger partial charge in [-0.15, -0.1) is 0 Å². The quantitative estimate of drug-likeness (QED) is 0.786. The van der Waals surface area contributed by atoms with E-state index in [0.717, 1.165) is 25.3 Å². The second-order valence-electron chi connectivity index (χ2n) is 6.24. The smallest absolute Gasteiger partial charge is 0.159 e. The lowest BCUT2D eigenvalue weighted by Crippen LogP contribution is -2.61. The van der Waals surface area contributed by atoms with Crippen molar-refractivity contribution in [2.75, 3.05) is 46.3 Å². The zero-order valence-electron chi connectivity index (χ0n) is 12.5. The minimum Gasteiger partial charge on any atom is -0.303 e. The molecule has 0 N–H and O–H groups in total. The first-order valence-electron chi connectivity index (χ1n) is 7.72. The van der Waals surface area contributed by atoms with Gasteiger partial charge in [-0.05, 0) is 13.1 Å². The van der Waals surface area contributed by atoms with Crippen LogP contribution in [0, 0.1) is 0 Å². The maximum atomic E-state index is 4.46. The first-order valence-corrected chi connectivity index (χ1v) is 7.72. The van der Waals surface area contributed by atoms with Crippen LogP contribution in [0.15, 0.2) is 24.7 Å². The summed E-state index contributed by atoms with van der Waals surface area (Å²) in [7, 11) is 2.23. The normalized spacial score (nSPS) is 25.3. The molecule has 2 aliphatic rings. The van der Waals surface area contributed by atoms with E-state index in [1.807, 2.05) is 29.2 Å². The molecule has 0 aromatic carbocycles. The van der Waals surface area contributed by atoms with E-state index < -0.39 is 0 Å². The summed E-state index contributed by atoms with van der Waals surface area (Å²) in [5.41, 5.74) is 2.22. The molecule has 112 valence electrons. The van der Waals surface area contributed by atoms with E-state index >= 15 is 0 Å². The first kappa shape index (κ1) is 13.2. The van der Waals surface area contributed by atoms with E-state index in [1.165, 1.54) is 31.7 Å². The molecule has 2 aromatic rings. The van der Waals surface area contributed by atoms with E-state index in [2.05, 4.69) is 31.8 Å². The summed E-state index contributed by atoms with van der Waals surface area (Å²) in [5.74, 6) is 0. The minimum atomic E-state index is 0.673. The maximum Gasteiger partial charge on any atom is 0.159 e. The fourth-order valence-corrected chi connectivity index (χ4v) is 3.55. The molecule has 4 heterocycles. The highest BCUT2D eigenvalue weighted by Gasteiger charge is 2.31. The molecule has 0 radical (unpaired) electrons. The van der Waals surface area contributed by atoms with Crippen LogP contribution in [0.1, 0.15) is 5.56 Å². The van der Waals surface area contributed by atoms with Crippen molar-refractivity contribution in [2.45, 2.75) is 12.6 Å². The molecule has 21 heavy (non-hydrogen) atoms. The number of hydrogen-bond donors (Lipinski definition) is 0. The molecule has 2 fully saturated rings.